The maximum absolute atomic E-state index is 11.8. The number of hydrogen-bond acceptors (Lipinski definition) is 8. The number of nitrogens with zero attached hydrogens (tertiary/aromatic N) is 7. The van der Waals surface area contributed by atoms with Gasteiger partial charge in [0.1, 0.15) is 13.2 Å². The second-order valence-corrected chi connectivity index (χ2v) is 4.00. The number of methoxy groups -OCH3 is 1. The third kappa shape index (κ3) is 3.15. The van der Waals surface area contributed by atoms with Gasteiger partial charge in [-0.1, -0.05) is 5.21 Å². The van der Waals surface area contributed by atoms with Crippen LogP contribution in [-0.4, -0.2) is 61.5 Å². The fourth-order valence-corrected chi connectivity index (χ4v) is 1.51. The Balaban J connectivity index is 2.04. The van der Waals surface area contributed by atoms with Crippen molar-refractivity contribution in [1.29, 1.82) is 0 Å². The van der Waals surface area contributed by atoms with Crippen molar-refractivity contribution in [3.8, 4) is 0 Å². The number of tetrazole rings is 1. The molecule has 0 unspecified atom stereocenters. The fourth-order valence-electron chi connectivity index (χ4n) is 1.51. The lowest BCUT2D eigenvalue weighted by Gasteiger charge is -2.02. The van der Waals surface area contributed by atoms with Crippen molar-refractivity contribution >= 4 is 5.97 Å². The molecule has 2 heterocycles. The Morgan fingerprint density at radius 1 is 1.25 bits per heavy atom. The molecule has 0 aliphatic rings. The van der Waals surface area contributed by atoms with E-state index in [1.54, 1.807) is 14.0 Å². The molecule has 0 N–H and O–H groups in total. The summed E-state index contributed by atoms with van der Waals surface area (Å²) in [6.07, 6.45) is 0. The zero-order valence-corrected chi connectivity index (χ0v) is 11.5. The van der Waals surface area contributed by atoms with E-state index in [1.807, 2.05) is 0 Å². The highest BCUT2D eigenvalue weighted by Crippen LogP contribution is 2.06. The summed E-state index contributed by atoms with van der Waals surface area (Å²) in [7, 11) is 3.20. The van der Waals surface area contributed by atoms with Gasteiger partial charge in [0.2, 0.25) is 0 Å². The Labute approximate surface area is 114 Å². The van der Waals surface area contributed by atoms with E-state index in [0.29, 0.717) is 18.1 Å². The monoisotopic (exact) mass is 281 g/mol. The number of rotatable bonds is 6. The van der Waals surface area contributed by atoms with Crippen LogP contribution in [0, 0.1) is 6.92 Å². The first-order valence-electron chi connectivity index (χ1n) is 5.91. The van der Waals surface area contributed by atoms with Crippen molar-refractivity contribution in [2.45, 2.75) is 13.5 Å². The van der Waals surface area contributed by atoms with Crippen molar-refractivity contribution < 1.29 is 14.3 Å². The highest BCUT2D eigenvalue weighted by atomic mass is 16.6. The van der Waals surface area contributed by atoms with E-state index in [0.717, 1.165) is 0 Å². The van der Waals surface area contributed by atoms with E-state index in [9.17, 15) is 4.79 Å². The fraction of sp³-hybridized carbons (Fsp3) is 0.600. The molecule has 10 nitrogen and oxygen atoms in total. The van der Waals surface area contributed by atoms with Crippen LogP contribution in [0.1, 0.15) is 22.0 Å². The lowest BCUT2D eigenvalue weighted by molar-refractivity contribution is 0.0380. The van der Waals surface area contributed by atoms with E-state index >= 15 is 0 Å². The molecule has 0 amide bonds. The SMILES string of the molecule is COCCOC(=O)c1nnn(Cc2nnn(C)n2)c1C. The van der Waals surface area contributed by atoms with Crippen LogP contribution in [0.15, 0.2) is 0 Å². The summed E-state index contributed by atoms with van der Waals surface area (Å²) in [5.41, 5.74) is 0.755. The maximum Gasteiger partial charge on any atom is 0.360 e. The highest BCUT2D eigenvalue weighted by Gasteiger charge is 2.18. The molecule has 0 fully saturated rings. The predicted molar refractivity (Wildman–Crippen MR) is 64.8 cm³/mol. The molecule has 0 aliphatic heterocycles. The van der Waals surface area contributed by atoms with Gasteiger partial charge in [-0.3, -0.25) is 0 Å². The predicted octanol–water partition coefficient (Wildman–Crippen LogP) is -1.04. The molecule has 0 spiro atoms. The molecule has 2 rings (SSSR count). The second-order valence-electron chi connectivity index (χ2n) is 4.00. The number of carbonyl (C=O) groups excluding carboxylic acids is 1. The number of aryl methyl sites for hydroxylation is 1. The third-order valence-electron chi connectivity index (χ3n) is 2.54. The third-order valence-corrected chi connectivity index (χ3v) is 2.54. The Morgan fingerprint density at radius 3 is 2.70 bits per heavy atom. The van der Waals surface area contributed by atoms with Crippen LogP contribution < -0.4 is 0 Å². The number of aromatic nitrogens is 7. The topological polar surface area (TPSA) is 110 Å². The van der Waals surface area contributed by atoms with Gasteiger partial charge in [-0.05, 0) is 12.1 Å². The van der Waals surface area contributed by atoms with Gasteiger partial charge < -0.3 is 9.47 Å². The lowest BCUT2D eigenvalue weighted by atomic mass is 10.3. The Hall–Kier alpha value is -2.36. The first-order valence-corrected chi connectivity index (χ1v) is 5.91. The Bertz CT molecular complexity index is 591. The summed E-state index contributed by atoms with van der Waals surface area (Å²) in [6, 6.07) is 0. The van der Waals surface area contributed by atoms with Crippen molar-refractivity contribution in [3.63, 3.8) is 0 Å². The summed E-state index contributed by atoms with van der Waals surface area (Å²) in [6.45, 7) is 2.52. The van der Waals surface area contributed by atoms with Crippen LogP contribution >= 0.6 is 0 Å². The number of esters is 1. The number of carbonyl (C=O) groups is 1. The van der Waals surface area contributed by atoms with Crippen LogP contribution in [0.3, 0.4) is 0 Å². The zero-order valence-electron chi connectivity index (χ0n) is 11.5. The molecule has 0 aliphatic carbocycles. The summed E-state index contributed by atoms with van der Waals surface area (Å²) < 4.78 is 11.3. The first-order chi connectivity index (χ1) is 9.61. The van der Waals surface area contributed by atoms with Crippen LogP contribution in [-0.2, 0) is 23.1 Å². The standard InChI is InChI=1S/C10H15N7O3/c1-7-9(10(18)20-5-4-19-3)12-15-17(7)6-8-11-14-16(2)13-8/h4-6H2,1-3H3. The van der Waals surface area contributed by atoms with Gasteiger partial charge in [-0.2, -0.15) is 4.80 Å². The minimum absolute atomic E-state index is 0.171. The summed E-state index contributed by atoms with van der Waals surface area (Å²) in [5, 5.41) is 19.3. The molecule has 0 radical (unpaired) electrons. The molecule has 20 heavy (non-hydrogen) atoms. The van der Waals surface area contributed by atoms with Crippen molar-refractivity contribution in [1.82, 2.24) is 35.2 Å². The van der Waals surface area contributed by atoms with Crippen molar-refractivity contribution in [2.75, 3.05) is 20.3 Å². The largest absolute Gasteiger partial charge is 0.458 e. The summed E-state index contributed by atoms with van der Waals surface area (Å²) in [4.78, 5) is 13.1. The van der Waals surface area contributed by atoms with E-state index in [1.165, 1.54) is 16.6 Å². The molecule has 0 saturated carbocycles. The maximum atomic E-state index is 11.8. The number of hydrogen-bond donors (Lipinski definition) is 0. The normalized spacial score (nSPS) is 10.8. The van der Waals surface area contributed by atoms with Gasteiger partial charge in [0.25, 0.3) is 0 Å². The molecule has 0 saturated heterocycles. The van der Waals surface area contributed by atoms with Crippen molar-refractivity contribution in [3.05, 3.63) is 17.2 Å². The van der Waals surface area contributed by atoms with Crippen LogP contribution in [0.5, 0.6) is 0 Å². The molecule has 2 aromatic heterocycles. The first kappa shape index (κ1) is 14.1. The lowest BCUT2D eigenvalue weighted by Crippen LogP contribution is -2.12. The van der Waals surface area contributed by atoms with Gasteiger partial charge in [-0.15, -0.1) is 15.3 Å². The average Bonchev–Trinajstić information content (AvgIpc) is 2.98. The summed E-state index contributed by atoms with van der Waals surface area (Å²) in [5.74, 6) is -0.0438. The van der Waals surface area contributed by atoms with Gasteiger partial charge in [0, 0.05) is 7.11 Å². The average molecular weight is 281 g/mol. The highest BCUT2D eigenvalue weighted by molar-refractivity contribution is 5.88. The molecule has 0 bridgehead atoms. The van der Waals surface area contributed by atoms with E-state index in [2.05, 4.69) is 25.7 Å². The van der Waals surface area contributed by atoms with Gasteiger partial charge >= 0.3 is 5.97 Å². The molecule has 10 heteroatoms. The summed E-state index contributed by atoms with van der Waals surface area (Å²) >= 11 is 0. The smallest absolute Gasteiger partial charge is 0.360 e. The Kier molecular flexibility index (Phi) is 4.35. The molecule has 108 valence electrons. The molecule has 0 atom stereocenters. The van der Waals surface area contributed by atoms with Gasteiger partial charge in [0.05, 0.1) is 19.3 Å². The number of ether oxygens (including phenoxy) is 2. The zero-order chi connectivity index (χ0) is 14.5. The van der Waals surface area contributed by atoms with E-state index < -0.39 is 5.97 Å². The van der Waals surface area contributed by atoms with Gasteiger partial charge in [-0.25, -0.2) is 9.48 Å². The Morgan fingerprint density at radius 2 is 2.05 bits per heavy atom. The van der Waals surface area contributed by atoms with E-state index in [-0.39, 0.29) is 18.8 Å². The van der Waals surface area contributed by atoms with E-state index in [4.69, 9.17) is 9.47 Å². The van der Waals surface area contributed by atoms with Crippen LogP contribution in [0.2, 0.25) is 0 Å². The van der Waals surface area contributed by atoms with Gasteiger partial charge in [0.15, 0.2) is 11.5 Å². The minimum atomic E-state index is -0.530. The van der Waals surface area contributed by atoms with Crippen LogP contribution in [0.4, 0.5) is 0 Å². The van der Waals surface area contributed by atoms with Crippen LogP contribution in [0.25, 0.3) is 0 Å². The minimum Gasteiger partial charge on any atom is -0.458 e. The second kappa shape index (κ2) is 6.19. The molecular weight excluding hydrogens is 266 g/mol. The molecule has 0 aromatic carbocycles. The van der Waals surface area contributed by atoms with Crippen molar-refractivity contribution in [2.24, 2.45) is 7.05 Å². The molecular formula is C10H15N7O3. The quantitative estimate of drug-likeness (QED) is 0.488. The molecule has 2 aromatic rings.